The van der Waals surface area contributed by atoms with E-state index in [9.17, 15) is 4.79 Å². The highest BCUT2D eigenvalue weighted by atomic mass is 32.1. The summed E-state index contributed by atoms with van der Waals surface area (Å²) in [7, 11) is 1.64. The van der Waals surface area contributed by atoms with Gasteiger partial charge in [0.1, 0.15) is 22.4 Å². The monoisotopic (exact) mass is 455 g/mol. The zero-order valence-corrected chi connectivity index (χ0v) is 19.2. The van der Waals surface area contributed by atoms with Gasteiger partial charge in [-0.1, -0.05) is 18.6 Å². The van der Waals surface area contributed by atoms with Gasteiger partial charge in [0, 0.05) is 11.9 Å². The highest BCUT2D eigenvalue weighted by molar-refractivity contribution is 7.13. The predicted molar refractivity (Wildman–Crippen MR) is 128 cm³/mol. The topological polar surface area (TPSA) is 111 Å². The smallest absolute Gasteiger partial charge is 0.326 e. The van der Waals surface area contributed by atoms with Crippen molar-refractivity contribution in [2.75, 3.05) is 30.8 Å². The number of hydrogen-bond donors (Lipinski definition) is 2. The Balaban J connectivity index is 0.00000289. The molecule has 0 bridgehead atoms. The summed E-state index contributed by atoms with van der Waals surface area (Å²) < 4.78 is 5.47. The van der Waals surface area contributed by atoms with Crippen LogP contribution >= 0.6 is 11.3 Å². The van der Waals surface area contributed by atoms with Crippen molar-refractivity contribution in [1.29, 1.82) is 0 Å². The number of carbonyl (C=O) groups excluding carboxylic acids is 1. The number of rotatable bonds is 6. The molecule has 0 spiro atoms. The van der Waals surface area contributed by atoms with E-state index in [-0.39, 0.29) is 11.5 Å². The summed E-state index contributed by atoms with van der Waals surface area (Å²) in [4.78, 5) is 24.0. The number of anilines is 2. The maximum absolute atomic E-state index is 12.5. The van der Waals surface area contributed by atoms with E-state index in [0.717, 1.165) is 47.2 Å². The van der Waals surface area contributed by atoms with Gasteiger partial charge < -0.3 is 10.2 Å². The van der Waals surface area contributed by atoms with Crippen molar-refractivity contribution >= 4 is 29.0 Å². The molecule has 4 N–H and O–H groups in total. The minimum absolute atomic E-state index is 0. The number of amides is 2. The second kappa shape index (κ2) is 11.0. The number of aromatic nitrogens is 2. The van der Waals surface area contributed by atoms with Gasteiger partial charge in [-0.2, -0.15) is 0 Å². The van der Waals surface area contributed by atoms with Gasteiger partial charge in [0.2, 0.25) is 0 Å². The quantitative estimate of drug-likeness (QED) is 0.575. The molecule has 2 aromatic heterocycles. The molecule has 1 aliphatic heterocycles. The number of thiazole rings is 1. The Kier molecular flexibility index (Phi) is 8.15. The average molecular weight is 456 g/mol. The van der Waals surface area contributed by atoms with Crippen molar-refractivity contribution in [1.82, 2.24) is 14.9 Å². The lowest BCUT2D eigenvalue weighted by molar-refractivity contribution is 0.218. The molecule has 2 amide bonds. The van der Waals surface area contributed by atoms with E-state index in [1.807, 2.05) is 42.6 Å². The summed E-state index contributed by atoms with van der Waals surface area (Å²) in [6, 6.07) is 11.3. The van der Waals surface area contributed by atoms with E-state index in [2.05, 4.69) is 25.5 Å². The first-order valence-corrected chi connectivity index (χ1v) is 11.4. The zero-order valence-electron chi connectivity index (χ0n) is 18.4. The SMILES string of the molecule is COc1cc(C)ccc1-c1nc(NC(=O)Nc2cccc(CN3CCCCC3)n2)cs1.O. The summed E-state index contributed by atoms with van der Waals surface area (Å²) in [5, 5.41) is 8.20. The number of benzene rings is 1. The van der Waals surface area contributed by atoms with Gasteiger partial charge in [0.15, 0.2) is 0 Å². The first-order chi connectivity index (χ1) is 15.1. The number of carbonyl (C=O) groups is 1. The van der Waals surface area contributed by atoms with Crippen molar-refractivity contribution in [3.8, 4) is 16.3 Å². The van der Waals surface area contributed by atoms with Crippen LogP contribution in [0.4, 0.5) is 16.4 Å². The van der Waals surface area contributed by atoms with Gasteiger partial charge in [-0.05, 0) is 62.7 Å². The van der Waals surface area contributed by atoms with Crippen molar-refractivity contribution in [3.63, 3.8) is 0 Å². The van der Waals surface area contributed by atoms with Crippen LogP contribution in [0.2, 0.25) is 0 Å². The molecule has 170 valence electrons. The molecule has 1 aromatic carbocycles. The van der Waals surface area contributed by atoms with Gasteiger partial charge in [-0.3, -0.25) is 15.5 Å². The van der Waals surface area contributed by atoms with Gasteiger partial charge in [0.25, 0.3) is 0 Å². The van der Waals surface area contributed by atoms with Gasteiger partial charge >= 0.3 is 6.03 Å². The molecule has 3 aromatic rings. The van der Waals surface area contributed by atoms with E-state index in [0.29, 0.717) is 11.6 Å². The molecule has 1 saturated heterocycles. The largest absolute Gasteiger partial charge is 0.496 e. The number of methoxy groups -OCH3 is 1. The molecule has 0 aliphatic carbocycles. The molecule has 0 atom stereocenters. The molecule has 32 heavy (non-hydrogen) atoms. The number of piperidine rings is 1. The first kappa shape index (κ1) is 23.6. The molecule has 1 aliphatic rings. The van der Waals surface area contributed by atoms with Gasteiger partial charge in [0.05, 0.1) is 18.4 Å². The van der Waals surface area contributed by atoms with Crippen molar-refractivity contribution in [3.05, 3.63) is 53.0 Å². The van der Waals surface area contributed by atoms with Crippen LogP contribution in [0, 0.1) is 6.92 Å². The van der Waals surface area contributed by atoms with Crippen LogP contribution in [-0.4, -0.2) is 46.6 Å². The standard InChI is InChI=1S/C23H27N5O2S.H2O/c1-16-9-10-18(19(13-16)30-2)22-25-21(15-31-22)27-23(29)26-20-8-6-7-17(24-20)14-28-11-4-3-5-12-28;/h6-10,13,15H,3-5,11-12,14H2,1-2H3,(H2,24,26,27,29);1H2. The Hall–Kier alpha value is -3.01. The van der Waals surface area contributed by atoms with Crippen LogP contribution in [0.3, 0.4) is 0 Å². The lowest BCUT2D eigenvalue weighted by atomic mass is 10.1. The summed E-state index contributed by atoms with van der Waals surface area (Å²) in [5.74, 6) is 1.78. The number of ether oxygens (including phenoxy) is 1. The zero-order chi connectivity index (χ0) is 21.6. The fraction of sp³-hybridized carbons (Fsp3) is 0.348. The molecule has 9 heteroatoms. The molecule has 4 rings (SSSR count). The van der Waals surface area contributed by atoms with E-state index in [1.165, 1.54) is 30.6 Å². The molecule has 1 fully saturated rings. The second-order valence-corrected chi connectivity index (χ2v) is 8.53. The average Bonchev–Trinajstić information content (AvgIpc) is 3.22. The molecule has 0 radical (unpaired) electrons. The highest BCUT2D eigenvalue weighted by Gasteiger charge is 2.14. The van der Waals surface area contributed by atoms with Crippen LogP contribution in [0.15, 0.2) is 41.8 Å². The van der Waals surface area contributed by atoms with Crippen molar-refractivity contribution in [2.45, 2.75) is 32.7 Å². The van der Waals surface area contributed by atoms with E-state index in [4.69, 9.17) is 4.74 Å². The number of nitrogens with zero attached hydrogens (tertiary/aromatic N) is 3. The number of aryl methyl sites for hydroxylation is 1. The third-order valence-electron chi connectivity index (χ3n) is 5.22. The minimum atomic E-state index is -0.365. The third kappa shape index (κ3) is 6.03. The first-order valence-electron chi connectivity index (χ1n) is 10.5. The Morgan fingerprint density at radius 3 is 2.66 bits per heavy atom. The van der Waals surface area contributed by atoms with E-state index in [1.54, 1.807) is 13.2 Å². The maximum Gasteiger partial charge on any atom is 0.326 e. The van der Waals surface area contributed by atoms with E-state index < -0.39 is 0 Å². The Morgan fingerprint density at radius 1 is 1.09 bits per heavy atom. The molecular weight excluding hydrogens is 426 g/mol. The van der Waals surface area contributed by atoms with Gasteiger partial charge in [-0.25, -0.2) is 14.8 Å². The lowest BCUT2D eigenvalue weighted by Crippen LogP contribution is -2.29. The fourth-order valence-electron chi connectivity index (χ4n) is 3.68. The third-order valence-corrected chi connectivity index (χ3v) is 6.09. The van der Waals surface area contributed by atoms with Crippen LogP contribution in [-0.2, 0) is 6.54 Å². The summed E-state index contributed by atoms with van der Waals surface area (Å²) >= 11 is 1.45. The van der Waals surface area contributed by atoms with Crippen LogP contribution in [0.1, 0.15) is 30.5 Å². The lowest BCUT2D eigenvalue weighted by Gasteiger charge is -2.26. The van der Waals surface area contributed by atoms with Gasteiger partial charge in [-0.15, -0.1) is 11.3 Å². The Bertz CT molecular complexity index is 1050. The summed E-state index contributed by atoms with van der Waals surface area (Å²) in [6.45, 7) is 5.04. The van der Waals surface area contributed by atoms with Crippen LogP contribution < -0.4 is 15.4 Å². The number of likely N-dealkylation sites (tertiary alicyclic amines) is 1. The summed E-state index contributed by atoms with van der Waals surface area (Å²) in [6.07, 6.45) is 3.79. The number of nitrogens with one attached hydrogen (secondary N) is 2. The predicted octanol–water partition coefficient (Wildman–Crippen LogP) is 4.33. The van der Waals surface area contributed by atoms with Crippen LogP contribution in [0.25, 0.3) is 10.6 Å². The fourth-order valence-corrected chi connectivity index (χ4v) is 4.46. The van der Waals surface area contributed by atoms with Crippen LogP contribution in [0.5, 0.6) is 5.75 Å². The van der Waals surface area contributed by atoms with E-state index >= 15 is 0 Å². The Labute approximate surface area is 192 Å². The minimum Gasteiger partial charge on any atom is -0.496 e. The number of hydrogen-bond acceptors (Lipinski definition) is 6. The molecule has 8 nitrogen and oxygen atoms in total. The maximum atomic E-state index is 12.5. The number of urea groups is 1. The molecular formula is C23H29N5O3S. The second-order valence-electron chi connectivity index (χ2n) is 7.67. The molecule has 3 heterocycles. The Morgan fingerprint density at radius 2 is 1.88 bits per heavy atom. The normalized spacial score (nSPS) is 13.8. The number of pyridine rings is 1. The molecule has 0 unspecified atom stereocenters. The highest BCUT2D eigenvalue weighted by Crippen LogP contribution is 2.34. The van der Waals surface area contributed by atoms with Crippen molar-refractivity contribution in [2.24, 2.45) is 0 Å². The summed E-state index contributed by atoms with van der Waals surface area (Å²) in [5.41, 5.74) is 2.98. The molecule has 0 saturated carbocycles. The van der Waals surface area contributed by atoms with Crippen molar-refractivity contribution < 1.29 is 15.0 Å².